The molecular weight excluding hydrogens is 160 g/mol. The summed E-state index contributed by atoms with van der Waals surface area (Å²) in [5.41, 5.74) is 0. The van der Waals surface area contributed by atoms with E-state index < -0.39 is 6.10 Å². The molecule has 0 aromatic carbocycles. The molecule has 1 aliphatic rings. The molecule has 1 fully saturated rings. The van der Waals surface area contributed by atoms with Gasteiger partial charge in [0.05, 0.1) is 13.2 Å². The van der Waals surface area contributed by atoms with E-state index in [1.54, 1.807) is 19.1 Å². The van der Waals surface area contributed by atoms with Crippen LogP contribution in [-0.4, -0.2) is 41.9 Å². The van der Waals surface area contributed by atoms with Gasteiger partial charge in [-0.05, 0) is 6.92 Å². The summed E-state index contributed by atoms with van der Waals surface area (Å²) in [7, 11) is 0. The Morgan fingerprint density at radius 3 is 3.00 bits per heavy atom. The van der Waals surface area contributed by atoms with Gasteiger partial charge >= 0.3 is 0 Å². The summed E-state index contributed by atoms with van der Waals surface area (Å²) in [4.78, 5) is 0. The number of ether oxygens (including phenoxy) is 2. The van der Waals surface area contributed by atoms with Gasteiger partial charge in [-0.2, -0.15) is 0 Å². The number of hydrogen-bond acceptors (Lipinski definition) is 4. The zero-order valence-corrected chi connectivity index (χ0v) is 7.01. The lowest BCUT2D eigenvalue weighted by molar-refractivity contribution is -0.230. The van der Waals surface area contributed by atoms with Crippen molar-refractivity contribution in [3.8, 4) is 0 Å². The van der Waals surface area contributed by atoms with Crippen LogP contribution in [0.2, 0.25) is 0 Å². The number of aliphatic hydroxyl groups excluding tert-OH is 2. The van der Waals surface area contributed by atoms with Gasteiger partial charge in [0.25, 0.3) is 0 Å². The Morgan fingerprint density at radius 2 is 2.33 bits per heavy atom. The van der Waals surface area contributed by atoms with Crippen LogP contribution in [0.4, 0.5) is 0 Å². The summed E-state index contributed by atoms with van der Waals surface area (Å²) in [5, 5.41) is 17.8. The minimum atomic E-state index is -0.635. The van der Waals surface area contributed by atoms with E-state index in [4.69, 9.17) is 14.6 Å². The first-order valence-electron chi connectivity index (χ1n) is 3.96. The molecule has 4 nitrogen and oxygen atoms in total. The van der Waals surface area contributed by atoms with Crippen LogP contribution >= 0.6 is 0 Å². The van der Waals surface area contributed by atoms with Crippen molar-refractivity contribution in [1.29, 1.82) is 0 Å². The third kappa shape index (κ3) is 2.57. The summed E-state index contributed by atoms with van der Waals surface area (Å²) in [6.45, 7) is 2.01. The van der Waals surface area contributed by atoms with Gasteiger partial charge in [0, 0.05) is 0 Å². The van der Waals surface area contributed by atoms with E-state index in [9.17, 15) is 5.11 Å². The fourth-order valence-electron chi connectivity index (χ4n) is 1.05. The second kappa shape index (κ2) is 4.57. The highest BCUT2D eigenvalue weighted by Gasteiger charge is 2.25. The van der Waals surface area contributed by atoms with Crippen molar-refractivity contribution in [3.05, 3.63) is 12.2 Å². The second-order valence-electron chi connectivity index (χ2n) is 2.68. The molecule has 0 spiro atoms. The van der Waals surface area contributed by atoms with Crippen molar-refractivity contribution in [1.82, 2.24) is 0 Å². The second-order valence-corrected chi connectivity index (χ2v) is 2.68. The molecule has 0 bridgehead atoms. The molecule has 12 heavy (non-hydrogen) atoms. The minimum Gasteiger partial charge on any atom is -0.392 e. The van der Waals surface area contributed by atoms with Crippen molar-refractivity contribution >= 4 is 0 Å². The van der Waals surface area contributed by atoms with Crippen molar-refractivity contribution in [2.45, 2.75) is 25.4 Å². The van der Waals surface area contributed by atoms with Crippen LogP contribution in [0.15, 0.2) is 12.2 Å². The molecule has 0 saturated carbocycles. The molecule has 0 radical (unpaired) electrons. The maximum Gasteiger partial charge on any atom is 0.155 e. The number of aliphatic hydroxyl groups is 2. The highest BCUT2D eigenvalue weighted by Crippen LogP contribution is 2.13. The molecule has 1 rings (SSSR count). The average molecular weight is 174 g/mol. The van der Waals surface area contributed by atoms with Gasteiger partial charge in [0.15, 0.2) is 6.29 Å². The van der Waals surface area contributed by atoms with E-state index in [1.165, 1.54) is 0 Å². The molecule has 4 heteroatoms. The van der Waals surface area contributed by atoms with Crippen LogP contribution in [-0.2, 0) is 9.47 Å². The maximum absolute atomic E-state index is 9.33. The zero-order valence-electron chi connectivity index (χ0n) is 7.01. The van der Waals surface area contributed by atoms with E-state index >= 15 is 0 Å². The van der Waals surface area contributed by atoms with Gasteiger partial charge in [0.2, 0.25) is 0 Å². The molecule has 70 valence electrons. The third-order valence-electron chi connectivity index (χ3n) is 1.66. The predicted octanol–water partition coefficient (Wildman–Crippen LogP) is -0.343. The van der Waals surface area contributed by atoms with Crippen LogP contribution in [0.3, 0.4) is 0 Å². The zero-order chi connectivity index (χ0) is 8.97. The van der Waals surface area contributed by atoms with E-state index in [2.05, 4.69) is 0 Å². The Balaban J connectivity index is 2.43. The topological polar surface area (TPSA) is 58.9 Å². The fraction of sp³-hybridized carbons (Fsp3) is 0.750. The summed E-state index contributed by atoms with van der Waals surface area (Å²) in [6.07, 6.45) is 1.90. The van der Waals surface area contributed by atoms with Gasteiger partial charge in [0.1, 0.15) is 12.2 Å². The van der Waals surface area contributed by atoms with Crippen LogP contribution < -0.4 is 0 Å². The van der Waals surface area contributed by atoms with Gasteiger partial charge in [-0.15, -0.1) is 0 Å². The normalized spacial score (nSPS) is 37.4. The molecule has 1 heterocycles. The van der Waals surface area contributed by atoms with E-state index in [0.29, 0.717) is 0 Å². The summed E-state index contributed by atoms with van der Waals surface area (Å²) < 4.78 is 10.3. The monoisotopic (exact) mass is 174 g/mol. The lowest BCUT2D eigenvalue weighted by atomic mass is 10.2. The highest BCUT2D eigenvalue weighted by molar-refractivity contribution is 4.94. The molecule has 3 atom stereocenters. The molecule has 1 unspecified atom stereocenters. The van der Waals surface area contributed by atoms with Crippen molar-refractivity contribution in [2.75, 3.05) is 13.2 Å². The fourth-order valence-corrected chi connectivity index (χ4v) is 1.05. The summed E-state index contributed by atoms with van der Waals surface area (Å²) in [6, 6.07) is 0. The van der Waals surface area contributed by atoms with Crippen molar-refractivity contribution in [2.24, 2.45) is 0 Å². The Morgan fingerprint density at radius 1 is 1.58 bits per heavy atom. The van der Waals surface area contributed by atoms with Gasteiger partial charge in [-0.25, -0.2) is 0 Å². The number of hydrogen-bond donors (Lipinski definition) is 2. The molecule has 0 aromatic heterocycles. The lowest BCUT2D eigenvalue weighted by Gasteiger charge is -2.30. The standard InChI is InChI=1S/C8H14O4/c1-6-11-5-7(10)8(12-6)3-2-4-9/h2-3,6-10H,4-5H2,1H3/b3-2+/t6?,7-,8-/m1/s1. The van der Waals surface area contributed by atoms with Crippen molar-refractivity contribution in [3.63, 3.8) is 0 Å². The van der Waals surface area contributed by atoms with Crippen LogP contribution in [0.5, 0.6) is 0 Å². The Labute approximate surface area is 71.4 Å². The molecule has 1 saturated heterocycles. The van der Waals surface area contributed by atoms with E-state index in [1.807, 2.05) is 0 Å². The Bertz CT molecular complexity index is 157. The van der Waals surface area contributed by atoms with Crippen molar-refractivity contribution < 1.29 is 19.7 Å². The van der Waals surface area contributed by atoms with E-state index in [0.717, 1.165) is 0 Å². The van der Waals surface area contributed by atoms with Crippen LogP contribution in [0, 0.1) is 0 Å². The maximum atomic E-state index is 9.33. The molecular formula is C8H14O4. The SMILES string of the molecule is CC1OC[C@@H](O)[C@@H](/C=C/CO)O1. The predicted molar refractivity (Wildman–Crippen MR) is 42.5 cm³/mol. The van der Waals surface area contributed by atoms with Crippen LogP contribution in [0.25, 0.3) is 0 Å². The highest BCUT2D eigenvalue weighted by atomic mass is 16.7. The first kappa shape index (κ1) is 9.67. The van der Waals surface area contributed by atoms with E-state index in [-0.39, 0.29) is 25.6 Å². The molecule has 1 aliphatic heterocycles. The van der Waals surface area contributed by atoms with Gasteiger partial charge in [-0.3, -0.25) is 0 Å². The molecule has 0 amide bonds. The summed E-state index contributed by atoms with van der Waals surface area (Å²) in [5.74, 6) is 0. The molecule has 2 N–H and O–H groups in total. The Kier molecular flexibility index (Phi) is 3.68. The molecule has 0 aliphatic carbocycles. The summed E-state index contributed by atoms with van der Waals surface area (Å²) >= 11 is 0. The van der Waals surface area contributed by atoms with Gasteiger partial charge in [-0.1, -0.05) is 12.2 Å². The molecule has 0 aromatic rings. The first-order chi connectivity index (χ1) is 5.74. The Hall–Kier alpha value is -0.420. The third-order valence-corrected chi connectivity index (χ3v) is 1.66. The number of rotatable bonds is 2. The largest absolute Gasteiger partial charge is 0.392 e. The quantitative estimate of drug-likeness (QED) is 0.562. The van der Waals surface area contributed by atoms with Gasteiger partial charge < -0.3 is 19.7 Å². The lowest BCUT2D eigenvalue weighted by Crippen LogP contribution is -2.41. The first-order valence-corrected chi connectivity index (χ1v) is 3.96. The minimum absolute atomic E-state index is 0.0399. The smallest absolute Gasteiger partial charge is 0.155 e. The average Bonchev–Trinajstić information content (AvgIpc) is 2.07. The van der Waals surface area contributed by atoms with Crippen LogP contribution in [0.1, 0.15) is 6.92 Å².